The molecule has 1 aliphatic heterocycles. The van der Waals surface area contributed by atoms with Crippen molar-refractivity contribution in [3.05, 3.63) is 60.2 Å². The molecule has 10 nitrogen and oxygen atoms in total. The van der Waals surface area contributed by atoms with Gasteiger partial charge in [0.25, 0.3) is 0 Å². The van der Waals surface area contributed by atoms with Gasteiger partial charge in [0, 0.05) is 19.4 Å². The number of carbonyl (C=O) groups is 1. The predicted octanol–water partition coefficient (Wildman–Crippen LogP) is 4.47. The Morgan fingerprint density at radius 1 is 1.17 bits per heavy atom. The third kappa shape index (κ3) is 6.13. The van der Waals surface area contributed by atoms with Crippen molar-refractivity contribution in [1.82, 2.24) is 4.90 Å². The monoisotopic (exact) mass is 599 g/mol. The van der Waals surface area contributed by atoms with Gasteiger partial charge >= 0.3 is 6.09 Å². The lowest BCUT2D eigenvalue weighted by Gasteiger charge is -2.51. The van der Waals surface area contributed by atoms with Crippen LogP contribution in [0.5, 0.6) is 5.75 Å². The van der Waals surface area contributed by atoms with Gasteiger partial charge in [0.15, 0.2) is 0 Å². The van der Waals surface area contributed by atoms with Crippen molar-refractivity contribution >= 4 is 15.9 Å². The Balaban J connectivity index is 1.91. The molecule has 2 fully saturated rings. The van der Waals surface area contributed by atoms with Gasteiger partial charge in [-0.2, -0.15) is 5.26 Å². The van der Waals surface area contributed by atoms with Crippen LogP contribution in [0.1, 0.15) is 63.4 Å². The molecule has 228 valence electrons. The first kappa shape index (κ1) is 31.8. The summed E-state index contributed by atoms with van der Waals surface area (Å²) in [6.45, 7) is 0.321. The van der Waals surface area contributed by atoms with Crippen LogP contribution in [-0.4, -0.2) is 66.6 Å². The Morgan fingerprint density at radius 2 is 1.83 bits per heavy atom. The first-order valence-corrected chi connectivity index (χ1v) is 15.9. The average Bonchev–Trinajstić information content (AvgIpc) is 3.68. The molecule has 1 amide bonds. The molecule has 11 heteroatoms. The summed E-state index contributed by atoms with van der Waals surface area (Å²) in [6.07, 6.45) is 2.91. The highest BCUT2D eigenvalue weighted by molar-refractivity contribution is 7.92. The molecule has 42 heavy (non-hydrogen) atoms. The zero-order valence-electron chi connectivity index (χ0n) is 24.1. The number of benzene rings is 2. The van der Waals surface area contributed by atoms with E-state index in [0.717, 1.165) is 30.6 Å². The molecule has 1 saturated carbocycles. The molecule has 0 aromatic heterocycles. The van der Waals surface area contributed by atoms with Crippen LogP contribution < -0.4 is 10.5 Å². The first-order chi connectivity index (χ1) is 20.0. The van der Waals surface area contributed by atoms with E-state index in [1.165, 1.54) is 31.4 Å². The highest BCUT2D eigenvalue weighted by Crippen LogP contribution is 2.50. The Kier molecular flexibility index (Phi) is 9.83. The molecule has 2 aliphatic rings. The van der Waals surface area contributed by atoms with Gasteiger partial charge < -0.3 is 25.4 Å². The van der Waals surface area contributed by atoms with Crippen LogP contribution in [-0.2, 0) is 21.0 Å². The van der Waals surface area contributed by atoms with Gasteiger partial charge in [-0.05, 0) is 73.8 Å². The molecule has 1 heterocycles. The summed E-state index contributed by atoms with van der Waals surface area (Å²) in [6, 6.07) is 15.9. The quantitative estimate of drug-likeness (QED) is 0.282. The van der Waals surface area contributed by atoms with Gasteiger partial charge in [-0.1, -0.05) is 43.2 Å². The summed E-state index contributed by atoms with van der Waals surface area (Å²) in [4.78, 5) is 11.0. The summed E-state index contributed by atoms with van der Waals surface area (Å²) < 4.78 is 40.1. The van der Waals surface area contributed by atoms with E-state index in [4.69, 9.17) is 15.2 Å². The topological polar surface area (TPSA) is 163 Å². The van der Waals surface area contributed by atoms with Gasteiger partial charge in [0.05, 0.1) is 30.7 Å². The van der Waals surface area contributed by atoms with Crippen LogP contribution in [0.3, 0.4) is 0 Å². The fourth-order valence-electron chi connectivity index (χ4n) is 6.74. The number of methoxy groups -OCH3 is 1. The van der Waals surface area contributed by atoms with E-state index in [9.17, 15) is 28.7 Å². The first-order valence-electron chi connectivity index (χ1n) is 14.4. The Morgan fingerprint density at radius 3 is 2.38 bits per heavy atom. The van der Waals surface area contributed by atoms with Crippen molar-refractivity contribution in [2.75, 3.05) is 20.3 Å². The molecule has 2 aromatic carbocycles. The Labute approximate surface area is 248 Å². The Hall–Kier alpha value is -3.17. The number of hydrogen-bond donors (Lipinski definition) is 3. The molecule has 3 atom stereocenters. The van der Waals surface area contributed by atoms with Crippen molar-refractivity contribution in [1.29, 1.82) is 5.26 Å². The second-order valence-corrected chi connectivity index (χ2v) is 13.7. The smallest absolute Gasteiger partial charge is 0.409 e. The maximum atomic E-state index is 14.7. The van der Waals surface area contributed by atoms with Crippen molar-refractivity contribution in [3.63, 3.8) is 0 Å². The maximum absolute atomic E-state index is 14.7. The van der Waals surface area contributed by atoms with Crippen LogP contribution in [0.15, 0.2) is 59.5 Å². The average molecular weight is 600 g/mol. The fraction of sp³-hybridized carbons (Fsp3) is 0.548. The second-order valence-electron chi connectivity index (χ2n) is 11.6. The van der Waals surface area contributed by atoms with E-state index in [2.05, 4.69) is 6.07 Å². The van der Waals surface area contributed by atoms with E-state index in [-0.39, 0.29) is 42.8 Å². The fourth-order valence-corrected chi connectivity index (χ4v) is 8.63. The third-order valence-electron chi connectivity index (χ3n) is 9.14. The molecule has 2 aromatic rings. The zero-order valence-corrected chi connectivity index (χ0v) is 24.9. The zero-order chi connectivity index (χ0) is 30.4. The van der Waals surface area contributed by atoms with Crippen LogP contribution >= 0.6 is 0 Å². The highest BCUT2D eigenvalue weighted by atomic mass is 32.2. The molecule has 4 rings (SSSR count). The van der Waals surface area contributed by atoms with Crippen molar-refractivity contribution < 1.29 is 32.9 Å². The van der Waals surface area contributed by atoms with E-state index in [1.807, 2.05) is 0 Å². The molecular formula is C31H41N3O7S. The number of aliphatic hydroxyl groups is 1. The molecule has 0 radical (unpaired) electrons. The molecule has 1 aliphatic carbocycles. The van der Waals surface area contributed by atoms with Gasteiger partial charge in [-0.3, -0.25) is 4.90 Å². The summed E-state index contributed by atoms with van der Waals surface area (Å²) >= 11 is 0. The summed E-state index contributed by atoms with van der Waals surface area (Å²) in [5, 5.41) is 32.7. The lowest BCUT2D eigenvalue weighted by molar-refractivity contribution is -0.0743. The van der Waals surface area contributed by atoms with Gasteiger partial charge in [-0.15, -0.1) is 0 Å². The van der Waals surface area contributed by atoms with Crippen molar-refractivity contribution in [2.24, 2.45) is 11.1 Å². The summed E-state index contributed by atoms with van der Waals surface area (Å²) in [5.41, 5.74) is 5.05. The van der Waals surface area contributed by atoms with Crippen molar-refractivity contribution in [2.45, 2.75) is 85.7 Å². The lowest BCUT2D eigenvalue weighted by Crippen LogP contribution is -2.76. The predicted molar refractivity (Wildman–Crippen MR) is 156 cm³/mol. The summed E-state index contributed by atoms with van der Waals surface area (Å²) in [5.74, 6) is 0.428. The maximum Gasteiger partial charge on any atom is 0.409 e. The number of hydrogen-bond acceptors (Lipinski definition) is 8. The van der Waals surface area contributed by atoms with Crippen LogP contribution in [0, 0.1) is 16.7 Å². The number of amides is 1. The van der Waals surface area contributed by atoms with Crippen molar-refractivity contribution in [3.8, 4) is 11.8 Å². The molecule has 1 unspecified atom stereocenters. The number of nitrogens with zero attached hydrogens (tertiary/aromatic N) is 2. The van der Waals surface area contributed by atoms with Crippen LogP contribution in [0.4, 0.5) is 4.79 Å². The number of carboxylic acid groups (broad SMARTS) is 1. The number of nitrogens with two attached hydrogens (primary N) is 1. The molecule has 0 spiro atoms. The minimum atomic E-state index is -4.69. The standard InChI is InChI=1S/C31H41N3O7S/c1-40-26-10-12-27(13-11-26)42(38,39)31(37,19-18-29(17-7-20-32)15-5-6-16-29)30(33,22-24-8-3-2-4-9-24)34(28(35)36)25-14-21-41-23-25/h2-4,8-13,25,37H,5-7,14-19,21-23,33H2,1H3,(H,35,36)/t25?,30-,31+/m0/s1. The second kappa shape index (κ2) is 13.0. The van der Waals surface area contributed by atoms with Gasteiger partial charge in [-0.25, -0.2) is 13.2 Å². The van der Waals surface area contributed by atoms with Crippen LogP contribution in [0.2, 0.25) is 0 Å². The summed E-state index contributed by atoms with van der Waals surface area (Å²) in [7, 11) is -3.23. The number of ether oxygens (including phenoxy) is 2. The van der Waals surface area contributed by atoms with E-state index >= 15 is 0 Å². The molecule has 0 bridgehead atoms. The van der Waals surface area contributed by atoms with E-state index < -0.39 is 32.6 Å². The number of rotatable bonds is 13. The number of sulfone groups is 1. The molecule has 4 N–H and O–H groups in total. The number of nitriles is 1. The van der Waals surface area contributed by atoms with Gasteiger partial charge in [0.1, 0.15) is 11.4 Å². The third-order valence-corrected chi connectivity index (χ3v) is 11.5. The highest BCUT2D eigenvalue weighted by Gasteiger charge is 2.63. The molecular weight excluding hydrogens is 558 g/mol. The SMILES string of the molecule is COc1ccc(S(=O)(=O)[C@](O)(CCC2(CCC#N)CCCC2)[C@](N)(Cc2ccccc2)N(C(=O)O)C2CCOC2)cc1. The lowest BCUT2D eigenvalue weighted by atomic mass is 9.75. The largest absolute Gasteiger partial charge is 0.497 e. The Bertz CT molecular complexity index is 1350. The van der Waals surface area contributed by atoms with E-state index in [0.29, 0.717) is 30.6 Å². The minimum Gasteiger partial charge on any atom is -0.497 e. The normalized spacial score (nSPS) is 21.1. The van der Waals surface area contributed by atoms with Crippen LogP contribution in [0.25, 0.3) is 0 Å². The van der Waals surface area contributed by atoms with Gasteiger partial charge in [0.2, 0.25) is 14.8 Å². The minimum absolute atomic E-state index is 0.0325. The van der Waals surface area contributed by atoms with E-state index in [1.54, 1.807) is 30.3 Å². The molecule has 1 saturated heterocycles.